The van der Waals surface area contributed by atoms with Crippen molar-refractivity contribution in [1.29, 1.82) is 0 Å². The molecule has 0 aliphatic carbocycles. The van der Waals surface area contributed by atoms with Gasteiger partial charge in [0.25, 0.3) is 10.0 Å². The Kier molecular flexibility index (Phi) is 11.0. The molecule has 40 heavy (non-hydrogen) atoms. The third kappa shape index (κ3) is 7.99. The highest BCUT2D eigenvalue weighted by atomic mass is 35.5. The second-order valence-electron chi connectivity index (χ2n) is 9.99. The van der Waals surface area contributed by atoms with E-state index >= 15 is 0 Å². The van der Waals surface area contributed by atoms with Gasteiger partial charge < -0.3 is 10.2 Å². The number of carbonyl (C=O) groups is 2. The number of amides is 2. The summed E-state index contributed by atoms with van der Waals surface area (Å²) in [6, 6.07) is 19.1. The quantitative estimate of drug-likeness (QED) is 0.272. The molecule has 0 heterocycles. The first kappa shape index (κ1) is 31.5. The molecule has 0 unspecified atom stereocenters. The first-order valence-electron chi connectivity index (χ1n) is 13.1. The fraction of sp³-hybridized carbons (Fsp3) is 0.333. The minimum atomic E-state index is -4.21. The molecule has 3 aromatic carbocycles. The Morgan fingerprint density at radius 3 is 2.25 bits per heavy atom. The maximum Gasteiger partial charge on any atom is 0.264 e. The average molecular weight is 605 g/mol. The zero-order valence-corrected chi connectivity index (χ0v) is 25.4. The fourth-order valence-electron chi connectivity index (χ4n) is 4.27. The number of rotatable bonds is 12. The Morgan fingerprint density at radius 2 is 1.65 bits per heavy atom. The molecule has 3 rings (SSSR count). The van der Waals surface area contributed by atoms with Gasteiger partial charge in [0.1, 0.15) is 12.6 Å². The van der Waals surface area contributed by atoms with Crippen LogP contribution in [0, 0.1) is 12.8 Å². The summed E-state index contributed by atoms with van der Waals surface area (Å²) in [7, 11) is -4.21. The second kappa shape index (κ2) is 14.0. The Morgan fingerprint density at radius 1 is 0.950 bits per heavy atom. The number of anilines is 1. The van der Waals surface area contributed by atoms with E-state index in [4.69, 9.17) is 23.2 Å². The Bertz CT molecular complexity index is 1430. The molecule has 3 aromatic rings. The lowest BCUT2D eigenvalue weighted by Crippen LogP contribution is -2.52. The number of nitrogens with zero attached hydrogens (tertiary/aromatic N) is 2. The molecule has 214 valence electrons. The van der Waals surface area contributed by atoms with Crippen LogP contribution in [0.25, 0.3) is 0 Å². The number of sulfonamides is 1. The molecule has 2 amide bonds. The Hall–Kier alpha value is -3.07. The maximum absolute atomic E-state index is 14.1. The number of halogens is 2. The number of benzene rings is 3. The van der Waals surface area contributed by atoms with Crippen molar-refractivity contribution in [3.05, 3.63) is 94.0 Å². The number of carbonyl (C=O) groups excluding carboxylic acids is 2. The third-order valence-corrected chi connectivity index (χ3v) is 8.61. The highest BCUT2D eigenvalue weighted by Crippen LogP contribution is 2.33. The van der Waals surface area contributed by atoms with Crippen LogP contribution in [0.15, 0.2) is 77.7 Å². The van der Waals surface area contributed by atoms with Gasteiger partial charge in [-0.15, -0.1) is 0 Å². The SMILES string of the molecule is CC[C@@H](C(=O)NCC(C)C)N(Cc1cccc(C)c1)C(=O)CN(c1ccc(Cl)cc1Cl)S(=O)(=O)c1ccccc1. The second-order valence-corrected chi connectivity index (χ2v) is 12.7. The first-order valence-corrected chi connectivity index (χ1v) is 15.3. The van der Waals surface area contributed by atoms with Crippen LogP contribution in [0.3, 0.4) is 0 Å². The monoisotopic (exact) mass is 603 g/mol. The number of hydrogen-bond acceptors (Lipinski definition) is 4. The van der Waals surface area contributed by atoms with E-state index in [1.165, 1.54) is 35.2 Å². The molecule has 10 heteroatoms. The average Bonchev–Trinajstić information content (AvgIpc) is 2.91. The van der Waals surface area contributed by atoms with Crippen molar-refractivity contribution in [2.45, 2.75) is 51.6 Å². The molecule has 0 radical (unpaired) electrons. The minimum Gasteiger partial charge on any atom is -0.354 e. The van der Waals surface area contributed by atoms with Gasteiger partial charge in [-0.25, -0.2) is 8.42 Å². The number of aryl methyl sites for hydroxylation is 1. The molecule has 7 nitrogen and oxygen atoms in total. The maximum atomic E-state index is 14.1. The third-order valence-electron chi connectivity index (χ3n) is 6.29. The van der Waals surface area contributed by atoms with E-state index in [1.807, 2.05) is 52.0 Å². The van der Waals surface area contributed by atoms with E-state index in [0.29, 0.717) is 18.0 Å². The van der Waals surface area contributed by atoms with Crippen molar-refractivity contribution in [3.63, 3.8) is 0 Å². The van der Waals surface area contributed by atoms with Gasteiger partial charge in [0, 0.05) is 18.1 Å². The van der Waals surface area contributed by atoms with E-state index in [2.05, 4.69) is 5.32 Å². The van der Waals surface area contributed by atoms with E-state index in [9.17, 15) is 18.0 Å². The summed E-state index contributed by atoms with van der Waals surface area (Å²) in [4.78, 5) is 28.8. The molecular formula is C30H35Cl2N3O4S. The van der Waals surface area contributed by atoms with Crippen LogP contribution in [0.2, 0.25) is 10.0 Å². The predicted octanol–water partition coefficient (Wildman–Crippen LogP) is 6.08. The Balaban J connectivity index is 2.07. The molecule has 0 aliphatic heterocycles. The van der Waals surface area contributed by atoms with Gasteiger partial charge >= 0.3 is 0 Å². The molecule has 0 saturated carbocycles. The molecule has 1 atom stereocenters. The van der Waals surface area contributed by atoms with Crippen LogP contribution in [0.4, 0.5) is 5.69 Å². The van der Waals surface area contributed by atoms with Crippen LogP contribution in [-0.2, 0) is 26.2 Å². The zero-order valence-electron chi connectivity index (χ0n) is 23.1. The molecule has 0 spiro atoms. The molecule has 1 N–H and O–H groups in total. The van der Waals surface area contributed by atoms with Crippen molar-refractivity contribution in [3.8, 4) is 0 Å². The van der Waals surface area contributed by atoms with Crippen molar-refractivity contribution in [2.75, 3.05) is 17.4 Å². The molecule has 0 bridgehead atoms. The summed E-state index contributed by atoms with van der Waals surface area (Å²) in [5.74, 6) is -0.612. The standard InChI is InChI=1S/C30H35Cl2N3O4S/c1-5-27(30(37)33-18-21(2)3)34(19-23-11-9-10-22(4)16-23)29(36)20-35(28-15-14-24(31)17-26(28)32)40(38,39)25-12-7-6-8-13-25/h6-17,21,27H,5,18-20H2,1-4H3,(H,33,37)/t27-/m0/s1. The lowest BCUT2D eigenvalue weighted by Gasteiger charge is -2.33. The van der Waals surface area contributed by atoms with Crippen LogP contribution in [0.1, 0.15) is 38.3 Å². The van der Waals surface area contributed by atoms with E-state index in [1.54, 1.807) is 18.2 Å². The van der Waals surface area contributed by atoms with E-state index in [0.717, 1.165) is 15.4 Å². The lowest BCUT2D eigenvalue weighted by atomic mass is 10.1. The van der Waals surface area contributed by atoms with Gasteiger partial charge in [-0.3, -0.25) is 13.9 Å². The predicted molar refractivity (Wildman–Crippen MR) is 161 cm³/mol. The zero-order chi connectivity index (χ0) is 29.4. The van der Waals surface area contributed by atoms with E-state index in [-0.39, 0.29) is 34.0 Å². The Labute approximate surface area is 247 Å². The van der Waals surface area contributed by atoms with Crippen LogP contribution >= 0.6 is 23.2 Å². The highest BCUT2D eigenvalue weighted by molar-refractivity contribution is 7.92. The summed E-state index contributed by atoms with van der Waals surface area (Å²) in [5.41, 5.74) is 1.94. The number of hydrogen-bond donors (Lipinski definition) is 1. The van der Waals surface area contributed by atoms with Crippen molar-refractivity contribution >= 4 is 50.7 Å². The molecule has 0 saturated heterocycles. The highest BCUT2D eigenvalue weighted by Gasteiger charge is 2.34. The van der Waals surface area contributed by atoms with Crippen molar-refractivity contribution < 1.29 is 18.0 Å². The summed E-state index contributed by atoms with van der Waals surface area (Å²) in [6.45, 7) is 7.75. The molecule has 0 fully saturated rings. The summed E-state index contributed by atoms with van der Waals surface area (Å²) in [6.07, 6.45) is 0.342. The van der Waals surface area contributed by atoms with Gasteiger partial charge in [0.2, 0.25) is 11.8 Å². The minimum absolute atomic E-state index is 0.000712. The van der Waals surface area contributed by atoms with E-state index < -0.39 is 28.5 Å². The topological polar surface area (TPSA) is 86.8 Å². The molecule has 0 aliphatic rings. The van der Waals surface area contributed by atoms with Gasteiger partial charge in [-0.1, -0.05) is 92.0 Å². The number of nitrogens with one attached hydrogen (secondary N) is 1. The summed E-state index contributed by atoms with van der Waals surface area (Å²) < 4.78 is 28.7. The lowest BCUT2D eigenvalue weighted by molar-refractivity contribution is -0.140. The summed E-state index contributed by atoms with van der Waals surface area (Å²) >= 11 is 12.5. The summed E-state index contributed by atoms with van der Waals surface area (Å²) in [5, 5.41) is 3.32. The fourth-order valence-corrected chi connectivity index (χ4v) is 6.28. The van der Waals surface area contributed by atoms with Gasteiger partial charge in [-0.2, -0.15) is 0 Å². The van der Waals surface area contributed by atoms with Gasteiger partial charge in [-0.05, 0) is 55.2 Å². The van der Waals surface area contributed by atoms with Crippen LogP contribution in [-0.4, -0.2) is 44.3 Å². The first-order chi connectivity index (χ1) is 18.9. The largest absolute Gasteiger partial charge is 0.354 e. The van der Waals surface area contributed by atoms with Crippen LogP contribution in [0.5, 0.6) is 0 Å². The van der Waals surface area contributed by atoms with Gasteiger partial charge in [0.05, 0.1) is 15.6 Å². The van der Waals surface area contributed by atoms with Crippen molar-refractivity contribution in [2.24, 2.45) is 5.92 Å². The van der Waals surface area contributed by atoms with Gasteiger partial charge in [0.15, 0.2) is 0 Å². The van der Waals surface area contributed by atoms with Crippen LogP contribution < -0.4 is 9.62 Å². The molecule has 0 aromatic heterocycles. The normalized spacial score (nSPS) is 12.2. The molecular weight excluding hydrogens is 569 g/mol. The smallest absolute Gasteiger partial charge is 0.264 e. The van der Waals surface area contributed by atoms with Crippen molar-refractivity contribution in [1.82, 2.24) is 10.2 Å².